The molecule has 1 aliphatic rings. The molecule has 0 radical (unpaired) electrons. The zero-order chi connectivity index (χ0) is 18.1. The van der Waals surface area contributed by atoms with Gasteiger partial charge in [-0.1, -0.05) is 6.58 Å². The van der Waals surface area contributed by atoms with Crippen molar-refractivity contribution in [1.82, 2.24) is 0 Å². The van der Waals surface area contributed by atoms with E-state index < -0.39 is 35.8 Å². The van der Waals surface area contributed by atoms with Crippen LogP contribution in [0.5, 0.6) is 0 Å². The Morgan fingerprint density at radius 2 is 1.79 bits per heavy atom. The molecular weight excluding hydrogens is 320 g/mol. The molecule has 1 fully saturated rings. The number of hydrogen-bond donors (Lipinski definition) is 1. The average molecular weight is 344 g/mol. The van der Waals surface area contributed by atoms with Crippen LogP contribution in [-0.4, -0.2) is 49.1 Å². The molecule has 0 bridgehead atoms. The third-order valence-corrected chi connectivity index (χ3v) is 3.62. The molecule has 1 saturated carbocycles. The highest BCUT2D eigenvalue weighted by molar-refractivity contribution is 5.81. The third-order valence-electron chi connectivity index (χ3n) is 3.62. The molecule has 0 spiro atoms. The van der Waals surface area contributed by atoms with Gasteiger partial charge < -0.3 is 24.1 Å². The Morgan fingerprint density at radius 1 is 1.08 bits per heavy atom. The van der Waals surface area contributed by atoms with E-state index in [0.29, 0.717) is 18.6 Å². The number of ether oxygens (including phenoxy) is 4. The number of aliphatic carboxylic acids is 1. The van der Waals surface area contributed by atoms with Gasteiger partial charge in [-0.05, 0) is 26.2 Å². The predicted molar refractivity (Wildman–Crippen MR) is 81.7 cm³/mol. The molecule has 0 aromatic heterocycles. The minimum Gasteiger partial charge on any atom is -0.481 e. The topological polar surface area (TPSA) is 108 Å². The standard InChI is InChI=1S/C16H24O8/c1-10(2)23-9-21-6-7-22-16(20)13-5-4-12(24-11(3)17)8-14(13)15(18)19/h12-14H,1,4-9H2,2-3H3,(H,18,19). The van der Waals surface area contributed by atoms with Crippen molar-refractivity contribution in [2.75, 3.05) is 20.0 Å². The fourth-order valence-electron chi connectivity index (χ4n) is 2.54. The summed E-state index contributed by atoms with van der Waals surface area (Å²) in [4.78, 5) is 34.5. The fraction of sp³-hybridized carbons (Fsp3) is 0.688. The molecule has 0 saturated heterocycles. The van der Waals surface area contributed by atoms with E-state index in [2.05, 4.69) is 6.58 Å². The van der Waals surface area contributed by atoms with E-state index in [4.69, 9.17) is 18.9 Å². The Morgan fingerprint density at radius 3 is 2.38 bits per heavy atom. The van der Waals surface area contributed by atoms with Crippen LogP contribution in [0.25, 0.3) is 0 Å². The summed E-state index contributed by atoms with van der Waals surface area (Å²) < 4.78 is 20.2. The van der Waals surface area contributed by atoms with Crippen LogP contribution in [0.15, 0.2) is 12.3 Å². The highest BCUT2D eigenvalue weighted by Gasteiger charge is 2.41. The lowest BCUT2D eigenvalue weighted by Gasteiger charge is -2.31. The third kappa shape index (κ3) is 6.99. The molecule has 0 amide bonds. The van der Waals surface area contributed by atoms with Crippen molar-refractivity contribution in [3.63, 3.8) is 0 Å². The number of carboxylic acid groups (broad SMARTS) is 1. The Hall–Kier alpha value is -2.09. The van der Waals surface area contributed by atoms with E-state index >= 15 is 0 Å². The van der Waals surface area contributed by atoms with E-state index in [9.17, 15) is 19.5 Å². The van der Waals surface area contributed by atoms with Crippen LogP contribution in [0.4, 0.5) is 0 Å². The van der Waals surface area contributed by atoms with Crippen molar-refractivity contribution in [2.45, 2.75) is 39.2 Å². The van der Waals surface area contributed by atoms with Crippen molar-refractivity contribution in [1.29, 1.82) is 0 Å². The zero-order valence-corrected chi connectivity index (χ0v) is 14.0. The summed E-state index contributed by atoms with van der Waals surface area (Å²) in [6.07, 6.45) is 0.368. The van der Waals surface area contributed by atoms with E-state index in [1.807, 2.05) is 0 Å². The first kappa shape index (κ1) is 20.0. The summed E-state index contributed by atoms with van der Waals surface area (Å²) in [5, 5.41) is 9.31. The molecule has 8 heteroatoms. The van der Waals surface area contributed by atoms with Crippen LogP contribution >= 0.6 is 0 Å². The van der Waals surface area contributed by atoms with Gasteiger partial charge in [-0.15, -0.1) is 0 Å². The maximum absolute atomic E-state index is 12.1. The van der Waals surface area contributed by atoms with Gasteiger partial charge in [0.25, 0.3) is 0 Å². The monoisotopic (exact) mass is 344 g/mol. The molecular formula is C16H24O8. The number of allylic oxidation sites excluding steroid dienone is 1. The average Bonchev–Trinajstić information content (AvgIpc) is 2.49. The fourth-order valence-corrected chi connectivity index (χ4v) is 2.54. The molecule has 1 aliphatic carbocycles. The molecule has 1 N–H and O–H groups in total. The van der Waals surface area contributed by atoms with Crippen molar-refractivity contribution in [2.24, 2.45) is 11.8 Å². The first-order chi connectivity index (χ1) is 11.3. The van der Waals surface area contributed by atoms with Crippen LogP contribution in [0.2, 0.25) is 0 Å². The number of carboxylic acids is 1. The zero-order valence-electron chi connectivity index (χ0n) is 14.0. The lowest BCUT2D eigenvalue weighted by molar-refractivity contribution is -0.166. The quantitative estimate of drug-likeness (QED) is 0.290. The number of carbonyl (C=O) groups excluding carboxylic acids is 2. The Bertz CT molecular complexity index is 473. The van der Waals surface area contributed by atoms with Gasteiger partial charge in [0.05, 0.1) is 24.2 Å². The maximum atomic E-state index is 12.1. The smallest absolute Gasteiger partial charge is 0.309 e. The number of hydrogen-bond acceptors (Lipinski definition) is 7. The Kier molecular flexibility index (Phi) is 8.25. The van der Waals surface area contributed by atoms with Gasteiger partial charge in [0, 0.05) is 6.92 Å². The maximum Gasteiger partial charge on any atom is 0.309 e. The van der Waals surface area contributed by atoms with Gasteiger partial charge in [-0.2, -0.15) is 0 Å². The van der Waals surface area contributed by atoms with Crippen molar-refractivity contribution in [3.8, 4) is 0 Å². The highest BCUT2D eigenvalue weighted by atomic mass is 16.7. The second-order valence-electron chi connectivity index (χ2n) is 5.64. The van der Waals surface area contributed by atoms with E-state index in [1.54, 1.807) is 6.92 Å². The minimum absolute atomic E-state index is 0.00853. The molecule has 0 aliphatic heterocycles. The van der Waals surface area contributed by atoms with Gasteiger partial charge >= 0.3 is 17.9 Å². The van der Waals surface area contributed by atoms with E-state index in [0.717, 1.165) is 0 Å². The van der Waals surface area contributed by atoms with Crippen molar-refractivity contribution >= 4 is 17.9 Å². The molecule has 1 rings (SSSR count). The minimum atomic E-state index is -1.10. The summed E-state index contributed by atoms with van der Waals surface area (Å²) in [7, 11) is 0. The first-order valence-electron chi connectivity index (χ1n) is 7.74. The van der Waals surface area contributed by atoms with Gasteiger partial charge in [0.2, 0.25) is 0 Å². The van der Waals surface area contributed by atoms with Crippen LogP contribution in [0, 0.1) is 11.8 Å². The SMILES string of the molecule is C=C(C)OCOCCOC(=O)C1CCC(OC(C)=O)CC1C(=O)O. The van der Waals surface area contributed by atoms with Gasteiger partial charge in [0.1, 0.15) is 12.7 Å². The number of rotatable bonds is 9. The molecule has 0 aromatic carbocycles. The Labute approximate surface area is 140 Å². The van der Waals surface area contributed by atoms with Gasteiger partial charge in [-0.25, -0.2) is 0 Å². The molecule has 3 atom stereocenters. The van der Waals surface area contributed by atoms with Crippen molar-refractivity contribution in [3.05, 3.63) is 12.3 Å². The molecule has 136 valence electrons. The Balaban J connectivity index is 2.40. The molecule has 8 nitrogen and oxygen atoms in total. The van der Waals surface area contributed by atoms with Crippen LogP contribution in [0.1, 0.15) is 33.1 Å². The second kappa shape index (κ2) is 9.92. The van der Waals surface area contributed by atoms with Gasteiger partial charge in [-0.3, -0.25) is 14.4 Å². The van der Waals surface area contributed by atoms with E-state index in [-0.39, 0.29) is 26.4 Å². The van der Waals surface area contributed by atoms with E-state index in [1.165, 1.54) is 6.92 Å². The molecule has 3 unspecified atom stereocenters. The highest BCUT2D eigenvalue weighted by Crippen LogP contribution is 2.33. The second-order valence-corrected chi connectivity index (χ2v) is 5.64. The summed E-state index contributed by atoms with van der Waals surface area (Å²) in [6.45, 7) is 6.65. The lowest BCUT2D eigenvalue weighted by atomic mass is 9.78. The number of carbonyl (C=O) groups is 3. The number of esters is 2. The molecule has 24 heavy (non-hydrogen) atoms. The largest absolute Gasteiger partial charge is 0.481 e. The summed E-state index contributed by atoms with van der Waals surface area (Å²) in [5.41, 5.74) is 0. The normalized spacial score (nSPS) is 23.2. The van der Waals surface area contributed by atoms with Crippen LogP contribution in [0.3, 0.4) is 0 Å². The lowest BCUT2D eigenvalue weighted by Crippen LogP contribution is -2.39. The van der Waals surface area contributed by atoms with Crippen molar-refractivity contribution < 1.29 is 38.4 Å². The summed E-state index contributed by atoms with van der Waals surface area (Å²) in [5.74, 6) is -3.29. The first-order valence-corrected chi connectivity index (χ1v) is 7.74. The van der Waals surface area contributed by atoms with Crippen LogP contribution < -0.4 is 0 Å². The molecule has 0 aromatic rings. The summed E-state index contributed by atoms with van der Waals surface area (Å²) >= 11 is 0. The van der Waals surface area contributed by atoms with Crippen LogP contribution in [-0.2, 0) is 33.3 Å². The van der Waals surface area contributed by atoms with Gasteiger partial charge in [0.15, 0.2) is 6.79 Å². The molecule has 0 heterocycles. The predicted octanol–water partition coefficient (Wildman–Crippen LogP) is 1.49. The summed E-state index contributed by atoms with van der Waals surface area (Å²) in [6, 6.07) is 0.